The molecule has 112 valence electrons. The van der Waals surface area contributed by atoms with Crippen molar-refractivity contribution in [3.63, 3.8) is 0 Å². The number of nitrogens with zero attached hydrogens (tertiary/aromatic N) is 4. The number of hydrogen-bond donors (Lipinski definition) is 1. The van der Waals surface area contributed by atoms with E-state index in [-0.39, 0.29) is 12.0 Å². The second-order valence-electron chi connectivity index (χ2n) is 5.67. The predicted molar refractivity (Wildman–Crippen MR) is 82.1 cm³/mol. The van der Waals surface area contributed by atoms with E-state index in [1.54, 1.807) is 29.9 Å². The molecule has 0 aromatic carbocycles. The van der Waals surface area contributed by atoms with Crippen LogP contribution in [0.2, 0.25) is 0 Å². The van der Waals surface area contributed by atoms with Gasteiger partial charge in [-0.25, -0.2) is 4.98 Å². The monoisotopic (exact) mass is 304 g/mol. The highest BCUT2D eigenvalue weighted by atomic mass is 32.1. The van der Waals surface area contributed by atoms with Gasteiger partial charge in [0, 0.05) is 42.5 Å². The van der Waals surface area contributed by atoms with Gasteiger partial charge in [0.1, 0.15) is 5.01 Å². The Bertz CT molecular complexity index is 581. The lowest BCUT2D eigenvalue weighted by molar-refractivity contribution is 0.140. The molecule has 0 spiro atoms. The largest absolute Gasteiger partial charge is 0.391 e. The molecule has 5 nitrogen and oxygen atoms in total. The van der Waals surface area contributed by atoms with Crippen LogP contribution in [0.1, 0.15) is 21.3 Å². The van der Waals surface area contributed by atoms with Crippen molar-refractivity contribution in [1.82, 2.24) is 19.9 Å². The van der Waals surface area contributed by atoms with E-state index in [2.05, 4.69) is 26.8 Å². The van der Waals surface area contributed by atoms with Crippen LogP contribution in [0, 0.1) is 19.8 Å². The van der Waals surface area contributed by atoms with Gasteiger partial charge < -0.3 is 5.11 Å². The van der Waals surface area contributed by atoms with E-state index in [0.29, 0.717) is 6.54 Å². The predicted octanol–water partition coefficient (Wildman–Crippen LogP) is 1.59. The fraction of sp³-hybridized carbons (Fsp3) is 0.533. The summed E-state index contributed by atoms with van der Waals surface area (Å²) >= 11 is 1.75. The molecule has 2 aromatic rings. The van der Waals surface area contributed by atoms with E-state index in [9.17, 15) is 5.11 Å². The smallest absolute Gasteiger partial charge is 0.107 e. The van der Waals surface area contributed by atoms with Crippen LogP contribution < -0.4 is 0 Å². The Morgan fingerprint density at radius 2 is 2.19 bits per heavy atom. The summed E-state index contributed by atoms with van der Waals surface area (Å²) in [5.74, 6) is 0.226. The first-order valence-electron chi connectivity index (χ1n) is 7.20. The molecule has 1 aliphatic heterocycles. The maximum atomic E-state index is 10.3. The van der Waals surface area contributed by atoms with Gasteiger partial charge in [-0.1, -0.05) is 0 Å². The van der Waals surface area contributed by atoms with Crippen molar-refractivity contribution in [2.75, 3.05) is 13.1 Å². The van der Waals surface area contributed by atoms with Crippen LogP contribution in [0.15, 0.2) is 18.6 Å². The van der Waals surface area contributed by atoms with Crippen molar-refractivity contribution < 1.29 is 5.11 Å². The first-order valence-corrected chi connectivity index (χ1v) is 8.01. The molecule has 1 fully saturated rings. The van der Waals surface area contributed by atoms with Gasteiger partial charge in [0.15, 0.2) is 0 Å². The first-order chi connectivity index (χ1) is 10.1. The second kappa shape index (κ2) is 6.17. The van der Waals surface area contributed by atoms with E-state index >= 15 is 0 Å². The molecule has 0 bridgehead atoms. The topological polar surface area (TPSA) is 62.1 Å². The lowest BCUT2D eigenvalue weighted by Crippen LogP contribution is -2.21. The third-order valence-corrected chi connectivity index (χ3v) is 5.06. The van der Waals surface area contributed by atoms with E-state index in [1.165, 1.54) is 4.88 Å². The molecule has 3 heterocycles. The molecule has 1 saturated heterocycles. The van der Waals surface area contributed by atoms with Crippen LogP contribution >= 0.6 is 11.3 Å². The van der Waals surface area contributed by atoms with Gasteiger partial charge in [-0.05, 0) is 20.3 Å². The van der Waals surface area contributed by atoms with Crippen molar-refractivity contribution in [1.29, 1.82) is 0 Å². The molecule has 21 heavy (non-hydrogen) atoms. The SMILES string of the molecule is Cc1nc(CN2C[C@@H](Cc3cnccn3)[C@H](O)C2)sc1C. The number of β-amino-alcohol motifs (C(OH)–C–C–N with tert-alkyl or cyclic N) is 1. The number of hydrogen-bond acceptors (Lipinski definition) is 6. The number of aliphatic hydroxyl groups excluding tert-OH is 1. The maximum absolute atomic E-state index is 10.3. The van der Waals surface area contributed by atoms with Crippen molar-refractivity contribution in [3.05, 3.63) is 39.9 Å². The Balaban J connectivity index is 1.60. The molecule has 0 unspecified atom stereocenters. The van der Waals surface area contributed by atoms with Crippen LogP contribution in [0.25, 0.3) is 0 Å². The summed E-state index contributed by atoms with van der Waals surface area (Å²) in [5.41, 5.74) is 2.06. The molecular weight excluding hydrogens is 284 g/mol. The first kappa shape index (κ1) is 14.6. The number of likely N-dealkylation sites (tertiary alicyclic amines) is 1. The van der Waals surface area contributed by atoms with Crippen molar-refractivity contribution in [2.24, 2.45) is 5.92 Å². The van der Waals surface area contributed by atoms with Gasteiger partial charge in [-0.15, -0.1) is 11.3 Å². The zero-order chi connectivity index (χ0) is 14.8. The van der Waals surface area contributed by atoms with Gasteiger partial charge in [0.2, 0.25) is 0 Å². The van der Waals surface area contributed by atoms with E-state index in [1.807, 2.05) is 6.92 Å². The molecule has 0 amide bonds. The molecule has 0 saturated carbocycles. The van der Waals surface area contributed by atoms with Gasteiger partial charge in [-0.2, -0.15) is 0 Å². The summed E-state index contributed by atoms with van der Waals surface area (Å²) in [5, 5.41) is 11.4. The van der Waals surface area contributed by atoms with Crippen LogP contribution in [0.5, 0.6) is 0 Å². The summed E-state index contributed by atoms with van der Waals surface area (Å²) in [7, 11) is 0. The number of aryl methyl sites for hydroxylation is 2. The van der Waals surface area contributed by atoms with Crippen LogP contribution in [-0.2, 0) is 13.0 Å². The Labute approximate surface area is 128 Å². The standard InChI is InChI=1S/C15H20N4OS/c1-10-11(2)21-15(18-10)9-19-7-12(14(20)8-19)5-13-6-16-3-4-17-13/h3-4,6,12,14,20H,5,7-9H2,1-2H3/t12-,14-/m1/s1. The van der Waals surface area contributed by atoms with Crippen molar-refractivity contribution in [3.8, 4) is 0 Å². The Morgan fingerprint density at radius 3 is 2.86 bits per heavy atom. The highest BCUT2D eigenvalue weighted by molar-refractivity contribution is 7.11. The third kappa shape index (κ3) is 3.45. The second-order valence-corrected chi connectivity index (χ2v) is 6.96. The van der Waals surface area contributed by atoms with Crippen molar-refractivity contribution >= 4 is 11.3 Å². The Hall–Kier alpha value is -1.37. The third-order valence-electron chi connectivity index (χ3n) is 4.00. The zero-order valence-corrected chi connectivity index (χ0v) is 13.2. The highest BCUT2D eigenvalue weighted by Gasteiger charge is 2.32. The minimum absolute atomic E-state index is 0.226. The Kier molecular flexibility index (Phi) is 4.28. The summed E-state index contributed by atoms with van der Waals surface area (Å²) in [6.45, 7) is 6.57. The zero-order valence-electron chi connectivity index (χ0n) is 12.4. The van der Waals surface area contributed by atoms with Gasteiger partial charge in [0.05, 0.1) is 24.0 Å². The van der Waals surface area contributed by atoms with E-state index in [4.69, 9.17) is 0 Å². The average Bonchev–Trinajstić information content (AvgIpc) is 2.95. The molecule has 2 aromatic heterocycles. The minimum atomic E-state index is -0.297. The molecule has 3 rings (SSSR count). The quantitative estimate of drug-likeness (QED) is 0.929. The van der Waals surface area contributed by atoms with Gasteiger partial charge >= 0.3 is 0 Å². The molecule has 0 aliphatic carbocycles. The Morgan fingerprint density at radius 1 is 1.33 bits per heavy atom. The maximum Gasteiger partial charge on any atom is 0.107 e. The average molecular weight is 304 g/mol. The summed E-state index contributed by atoms with van der Waals surface area (Å²) in [6.07, 6.45) is 5.64. The summed E-state index contributed by atoms with van der Waals surface area (Å²) in [4.78, 5) is 16.5. The fourth-order valence-electron chi connectivity index (χ4n) is 2.77. The molecule has 6 heteroatoms. The molecule has 2 atom stereocenters. The normalized spacial score (nSPS) is 22.8. The molecular formula is C15H20N4OS. The number of thiazole rings is 1. The van der Waals surface area contributed by atoms with Crippen LogP contribution in [0.4, 0.5) is 0 Å². The lowest BCUT2D eigenvalue weighted by atomic mass is 10.0. The summed E-state index contributed by atoms with van der Waals surface area (Å²) in [6, 6.07) is 0. The van der Waals surface area contributed by atoms with E-state index < -0.39 is 0 Å². The van der Waals surface area contributed by atoms with Gasteiger partial charge in [0.25, 0.3) is 0 Å². The van der Waals surface area contributed by atoms with Crippen LogP contribution in [0.3, 0.4) is 0 Å². The highest BCUT2D eigenvalue weighted by Crippen LogP contribution is 2.24. The van der Waals surface area contributed by atoms with Crippen LogP contribution in [-0.4, -0.2) is 44.2 Å². The minimum Gasteiger partial charge on any atom is -0.391 e. The number of rotatable bonds is 4. The fourth-order valence-corrected chi connectivity index (χ4v) is 3.75. The van der Waals surface area contributed by atoms with E-state index in [0.717, 1.165) is 35.9 Å². The molecule has 0 radical (unpaired) electrons. The lowest BCUT2D eigenvalue weighted by Gasteiger charge is -2.13. The van der Waals surface area contributed by atoms with Gasteiger partial charge in [-0.3, -0.25) is 14.9 Å². The molecule has 1 N–H and O–H groups in total. The number of aromatic nitrogens is 3. The number of aliphatic hydroxyl groups is 1. The molecule has 1 aliphatic rings. The van der Waals surface area contributed by atoms with Crippen molar-refractivity contribution in [2.45, 2.75) is 32.9 Å². The summed E-state index contributed by atoms with van der Waals surface area (Å²) < 4.78 is 0.